The summed E-state index contributed by atoms with van der Waals surface area (Å²) < 4.78 is 37.0. The molecule has 0 aliphatic carbocycles. The number of benzene rings is 1. The van der Waals surface area contributed by atoms with Gasteiger partial charge in [-0.25, -0.2) is 0 Å². The van der Waals surface area contributed by atoms with Gasteiger partial charge in [0.1, 0.15) is 5.75 Å². The summed E-state index contributed by atoms with van der Waals surface area (Å²) in [7, 11) is 0. The largest absolute Gasteiger partial charge is 0.507 e. The molecule has 0 heterocycles. The Labute approximate surface area is 94.6 Å². The minimum absolute atomic E-state index is 0.419. The molecule has 0 radical (unpaired) electrons. The monoisotopic (exact) mass is 252 g/mol. The Hall–Kier alpha value is -1.23. The zero-order valence-electron chi connectivity index (χ0n) is 8.18. The predicted octanol–water partition coefficient (Wildman–Crippen LogP) is 3.22. The number of ketones is 1. The Bertz CT molecular complexity index is 413. The van der Waals surface area contributed by atoms with E-state index < -0.39 is 34.2 Å². The SMILES string of the molecule is CC(Cl)C(=O)c1cc(C(F)(F)F)ccc1O. The molecule has 0 aliphatic heterocycles. The number of phenolic OH excluding ortho intramolecular Hbond substituents is 1. The van der Waals surface area contributed by atoms with Gasteiger partial charge in [0.25, 0.3) is 0 Å². The summed E-state index contributed by atoms with van der Waals surface area (Å²) in [5.74, 6) is -1.25. The molecule has 0 fully saturated rings. The highest BCUT2D eigenvalue weighted by Gasteiger charge is 2.32. The number of carbonyl (C=O) groups excluding carboxylic acids is 1. The van der Waals surface area contributed by atoms with Gasteiger partial charge in [0.05, 0.1) is 16.5 Å². The van der Waals surface area contributed by atoms with Gasteiger partial charge in [0, 0.05) is 0 Å². The van der Waals surface area contributed by atoms with E-state index in [9.17, 15) is 23.1 Å². The summed E-state index contributed by atoms with van der Waals surface area (Å²) in [6.07, 6.45) is -4.56. The summed E-state index contributed by atoms with van der Waals surface area (Å²) in [6, 6.07) is 2.12. The van der Waals surface area contributed by atoms with Crippen LogP contribution < -0.4 is 0 Å². The van der Waals surface area contributed by atoms with Crippen molar-refractivity contribution < 1.29 is 23.1 Å². The van der Waals surface area contributed by atoms with Crippen molar-refractivity contribution in [2.24, 2.45) is 0 Å². The first-order valence-corrected chi connectivity index (χ1v) is 4.75. The van der Waals surface area contributed by atoms with Crippen LogP contribution in [0.15, 0.2) is 18.2 Å². The van der Waals surface area contributed by atoms with Crippen molar-refractivity contribution in [3.05, 3.63) is 29.3 Å². The van der Waals surface area contributed by atoms with Crippen LogP contribution in [-0.2, 0) is 6.18 Å². The van der Waals surface area contributed by atoms with Crippen LogP contribution in [0.3, 0.4) is 0 Å². The van der Waals surface area contributed by atoms with Crippen LogP contribution >= 0.6 is 11.6 Å². The Morgan fingerprint density at radius 3 is 2.44 bits per heavy atom. The molecule has 2 nitrogen and oxygen atoms in total. The zero-order chi connectivity index (χ0) is 12.5. The highest BCUT2D eigenvalue weighted by molar-refractivity contribution is 6.33. The third-order valence-corrected chi connectivity index (χ3v) is 2.15. The van der Waals surface area contributed by atoms with Gasteiger partial charge in [-0.15, -0.1) is 11.6 Å². The summed E-state index contributed by atoms with van der Waals surface area (Å²) in [5, 5.41) is 8.28. The van der Waals surface area contributed by atoms with Gasteiger partial charge in [-0.3, -0.25) is 4.79 Å². The first kappa shape index (κ1) is 12.8. The number of hydrogen-bond acceptors (Lipinski definition) is 2. The van der Waals surface area contributed by atoms with E-state index in [2.05, 4.69) is 0 Å². The van der Waals surface area contributed by atoms with Crippen LogP contribution in [0.4, 0.5) is 13.2 Å². The van der Waals surface area contributed by atoms with Gasteiger partial charge in [-0.1, -0.05) is 0 Å². The van der Waals surface area contributed by atoms with Crippen molar-refractivity contribution in [1.82, 2.24) is 0 Å². The summed E-state index contributed by atoms with van der Waals surface area (Å²) >= 11 is 5.46. The van der Waals surface area contributed by atoms with E-state index >= 15 is 0 Å². The topological polar surface area (TPSA) is 37.3 Å². The number of rotatable bonds is 2. The Balaban J connectivity index is 3.25. The standard InChI is InChI=1S/C10H8ClF3O2/c1-5(11)9(16)7-4-6(10(12,13)14)2-3-8(7)15/h2-5,15H,1H3. The van der Waals surface area contributed by atoms with Crippen molar-refractivity contribution in [3.63, 3.8) is 0 Å². The molecular weight excluding hydrogens is 245 g/mol. The molecule has 0 saturated carbocycles. The lowest BCUT2D eigenvalue weighted by Gasteiger charge is -2.10. The average molecular weight is 253 g/mol. The minimum Gasteiger partial charge on any atom is -0.507 e. The van der Waals surface area contributed by atoms with E-state index in [1.54, 1.807) is 0 Å². The number of phenols is 1. The average Bonchev–Trinajstić information content (AvgIpc) is 2.15. The van der Waals surface area contributed by atoms with Crippen LogP contribution in [0.2, 0.25) is 0 Å². The Morgan fingerprint density at radius 2 is 2.00 bits per heavy atom. The molecular formula is C10H8ClF3O2. The second kappa shape index (κ2) is 4.33. The molecule has 0 saturated heterocycles. The van der Waals surface area contributed by atoms with Crippen molar-refractivity contribution >= 4 is 17.4 Å². The van der Waals surface area contributed by atoms with Crippen molar-refractivity contribution in [2.45, 2.75) is 18.5 Å². The molecule has 0 bridgehead atoms. The number of alkyl halides is 4. The first-order chi connectivity index (χ1) is 7.23. The maximum Gasteiger partial charge on any atom is 0.416 e. The second-order valence-corrected chi connectivity index (χ2v) is 3.86. The van der Waals surface area contributed by atoms with Gasteiger partial charge in [-0.2, -0.15) is 13.2 Å². The fourth-order valence-electron chi connectivity index (χ4n) is 1.12. The number of Topliss-reactive ketones (excluding diaryl/α,β-unsaturated/α-hetero) is 1. The van der Waals surface area contributed by atoms with Gasteiger partial charge < -0.3 is 5.11 Å². The first-order valence-electron chi connectivity index (χ1n) is 4.32. The van der Waals surface area contributed by atoms with Gasteiger partial charge in [0.2, 0.25) is 0 Å². The van der Waals surface area contributed by atoms with Crippen LogP contribution in [0, 0.1) is 0 Å². The lowest BCUT2D eigenvalue weighted by Crippen LogP contribution is -2.13. The molecule has 0 amide bonds. The number of carbonyl (C=O) groups is 1. The van der Waals surface area contributed by atoms with Gasteiger partial charge >= 0.3 is 6.18 Å². The van der Waals surface area contributed by atoms with E-state index in [-0.39, 0.29) is 0 Å². The summed E-state index contributed by atoms with van der Waals surface area (Å²) in [5.41, 5.74) is -1.41. The van der Waals surface area contributed by atoms with E-state index in [1.165, 1.54) is 6.92 Å². The molecule has 1 unspecified atom stereocenters. The molecule has 16 heavy (non-hydrogen) atoms. The smallest absolute Gasteiger partial charge is 0.416 e. The van der Waals surface area contributed by atoms with Crippen LogP contribution in [0.5, 0.6) is 5.75 Å². The van der Waals surface area contributed by atoms with Crippen LogP contribution in [0.1, 0.15) is 22.8 Å². The number of aromatic hydroxyl groups is 1. The molecule has 1 atom stereocenters. The highest BCUT2D eigenvalue weighted by Crippen LogP contribution is 2.32. The quantitative estimate of drug-likeness (QED) is 0.648. The number of hydrogen-bond donors (Lipinski definition) is 1. The molecule has 0 aliphatic rings. The molecule has 1 aromatic carbocycles. The lowest BCUT2D eigenvalue weighted by molar-refractivity contribution is -0.137. The summed E-state index contributed by atoms with van der Waals surface area (Å²) in [4.78, 5) is 11.4. The third-order valence-electron chi connectivity index (χ3n) is 1.95. The fraction of sp³-hybridized carbons (Fsp3) is 0.300. The molecule has 6 heteroatoms. The molecule has 0 spiro atoms. The minimum atomic E-state index is -4.56. The highest BCUT2D eigenvalue weighted by atomic mass is 35.5. The van der Waals surface area contributed by atoms with Gasteiger partial charge in [-0.05, 0) is 25.1 Å². The third kappa shape index (κ3) is 2.66. The molecule has 0 aromatic heterocycles. The molecule has 1 aromatic rings. The van der Waals surface area contributed by atoms with Gasteiger partial charge in [0.15, 0.2) is 5.78 Å². The maximum absolute atomic E-state index is 12.3. The van der Waals surface area contributed by atoms with E-state index in [4.69, 9.17) is 11.6 Å². The second-order valence-electron chi connectivity index (χ2n) is 3.21. The van der Waals surface area contributed by atoms with Crippen molar-refractivity contribution in [1.29, 1.82) is 0 Å². The Morgan fingerprint density at radius 1 is 1.44 bits per heavy atom. The summed E-state index contributed by atoms with van der Waals surface area (Å²) in [6.45, 7) is 1.32. The van der Waals surface area contributed by atoms with Crippen molar-refractivity contribution in [3.8, 4) is 5.75 Å². The predicted molar refractivity (Wildman–Crippen MR) is 52.8 cm³/mol. The van der Waals surface area contributed by atoms with E-state index in [0.717, 1.165) is 6.07 Å². The lowest BCUT2D eigenvalue weighted by atomic mass is 10.0. The van der Waals surface area contributed by atoms with Crippen LogP contribution in [-0.4, -0.2) is 16.3 Å². The fourth-order valence-corrected chi connectivity index (χ4v) is 1.24. The van der Waals surface area contributed by atoms with Crippen molar-refractivity contribution in [2.75, 3.05) is 0 Å². The van der Waals surface area contributed by atoms with Crippen LogP contribution in [0.25, 0.3) is 0 Å². The molecule has 1 rings (SSSR count). The molecule has 1 N–H and O–H groups in total. The normalized spacial score (nSPS) is 13.6. The zero-order valence-corrected chi connectivity index (χ0v) is 8.93. The maximum atomic E-state index is 12.3. The number of halogens is 4. The van der Waals surface area contributed by atoms with E-state index in [1.807, 2.05) is 0 Å². The van der Waals surface area contributed by atoms with E-state index in [0.29, 0.717) is 12.1 Å². The Kier molecular flexibility index (Phi) is 3.48. The molecule has 88 valence electrons.